The van der Waals surface area contributed by atoms with Crippen molar-refractivity contribution in [2.75, 3.05) is 26.2 Å². The molecular weight excluding hydrogens is 288 g/mol. The Kier molecular flexibility index (Phi) is 4.78. The summed E-state index contributed by atoms with van der Waals surface area (Å²) in [6.07, 6.45) is 3.19. The quantitative estimate of drug-likeness (QED) is 0.912. The molecule has 1 aromatic carbocycles. The summed E-state index contributed by atoms with van der Waals surface area (Å²) < 4.78 is 5.81. The van der Waals surface area contributed by atoms with E-state index < -0.39 is 0 Å². The zero-order chi connectivity index (χ0) is 14.7. The van der Waals surface area contributed by atoms with Gasteiger partial charge in [0.2, 0.25) is 5.91 Å². The van der Waals surface area contributed by atoms with Crippen LogP contribution in [-0.2, 0) is 9.53 Å². The number of benzene rings is 1. The van der Waals surface area contributed by atoms with Crippen LogP contribution in [0.15, 0.2) is 24.3 Å². The van der Waals surface area contributed by atoms with Crippen molar-refractivity contribution in [1.29, 1.82) is 0 Å². The van der Waals surface area contributed by atoms with Crippen molar-refractivity contribution in [3.05, 3.63) is 34.9 Å². The molecule has 4 nitrogen and oxygen atoms in total. The fourth-order valence-corrected chi connectivity index (χ4v) is 3.14. The van der Waals surface area contributed by atoms with Crippen molar-refractivity contribution >= 4 is 17.5 Å². The van der Waals surface area contributed by atoms with Gasteiger partial charge in [0.1, 0.15) is 6.10 Å². The number of carbonyl (C=O) groups excluding carboxylic acids is 1. The molecule has 2 atom stereocenters. The molecule has 0 radical (unpaired) electrons. The number of halogens is 1. The zero-order valence-electron chi connectivity index (χ0n) is 12.1. The topological polar surface area (TPSA) is 41.6 Å². The Morgan fingerprint density at radius 3 is 2.81 bits per heavy atom. The Bertz CT molecular complexity index is 486. The molecule has 0 aliphatic carbocycles. The molecule has 1 aromatic rings. The molecule has 2 heterocycles. The molecule has 21 heavy (non-hydrogen) atoms. The number of piperidine rings is 1. The summed E-state index contributed by atoms with van der Waals surface area (Å²) in [7, 11) is 0. The molecular formula is C16H21ClN2O2. The average Bonchev–Trinajstić information content (AvgIpc) is 2.56. The van der Waals surface area contributed by atoms with E-state index in [9.17, 15) is 4.79 Å². The standard InChI is InChI=1S/C16H21ClN2O2/c17-13-6-4-12(5-7-13)15-11-19(9-10-21-15)16(20)14-3-1-2-8-18-14/h4-7,14-15,18H,1-3,8-11H2/t14-,15?/m0/s1. The van der Waals surface area contributed by atoms with Gasteiger partial charge in [-0.2, -0.15) is 0 Å². The van der Waals surface area contributed by atoms with E-state index in [0.717, 1.165) is 24.9 Å². The predicted molar refractivity (Wildman–Crippen MR) is 82.4 cm³/mol. The van der Waals surface area contributed by atoms with E-state index in [1.54, 1.807) is 0 Å². The Labute approximate surface area is 130 Å². The summed E-state index contributed by atoms with van der Waals surface area (Å²) in [6.45, 7) is 2.84. The lowest BCUT2D eigenvalue weighted by Gasteiger charge is -2.36. The summed E-state index contributed by atoms with van der Waals surface area (Å²) in [6, 6.07) is 7.66. The SMILES string of the molecule is O=C([C@@H]1CCCCN1)N1CCOC(c2ccc(Cl)cc2)C1. The maximum absolute atomic E-state index is 12.6. The van der Waals surface area contributed by atoms with Crippen LogP contribution in [0.2, 0.25) is 5.02 Å². The highest BCUT2D eigenvalue weighted by atomic mass is 35.5. The van der Waals surface area contributed by atoms with Crippen LogP contribution in [0.4, 0.5) is 0 Å². The van der Waals surface area contributed by atoms with Crippen molar-refractivity contribution in [2.24, 2.45) is 0 Å². The second kappa shape index (κ2) is 6.77. The summed E-state index contributed by atoms with van der Waals surface area (Å²) in [5.41, 5.74) is 1.08. The number of amides is 1. The number of nitrogens with zero attached hydrogens (tertiary/aromatic N) is 1. The van der Waals surface area contributed by atoms with Crippen LogP contribution in [-0.4, -0.2) is 43.1 Å². The third-order valence-corrected chi connectivity index (χ3v) is 4.48. The molecule has 3 rings (SSSR count). The van der Waals surface area contributed by atoms with E-state index in [1.807, 2.05) is 29.2 Å². The highest BCUT2D eigenvalue weighted by Crippen LogP contribution is 2.24. The van der Waals surface area contributed by atoms with Crippen LogP contribution in [0.5, 0.6) is 0 Å². The summed E-state index contributed by atoms with van der Waals surface area (Å²) in [5.74, 6) is 0.219. The van der Waals surface area contributed by atoms with Gasteiger partial charge in [0.05, 0.1) is 19.2 Å². The molecule has 2 fully saturated rings. The van der Waals surface area contributed by atoms with Crippen LogP contribution < -0.4 is 5.32 Å². The van der Waals surface area contributed by atoms with Crippen LogP contribution in [0.3, 0.4) is 0 Å². The molecule has 0 saturated carbocycles. The number of carbonyl (C=O) groups is 1. The molecule has 2 aliphatic heterocycles. The number of ether oxygens (including phenoxy) is 1. The molecule has 0 spiro atoms. The fraction of sp³-hybridized carbons (Fsp3) is 0.562. The van der Waals surface area contributed by atoms with Gasteiger partial charge in [0.15, 0.2) is 0 Å². The highest BCUT2D eigenvalue weighted by Gasteiger charge is 2.30. The van der Waals surface area contributed by atoms with Crippen LogP contribution in [0.1, 0.15) is 30.9 Å². The molecule has 1 amide bonds. The molecule has 2 saturated heterocycles. The third kappa shape index (κ3) is 3.57. The summed E-state index contributed by atoms with van der Waals surface area (Å²) in [4.78, 5) is 14.5. The maximum Gasteiger partial charge on any atom is 0.239 e. The lowest BCUT2D eigenvalue weighted by atomic mass is 10.0. The van der Waals surface area contributed by atoms with Crippen LogP contribution in [0, 0.1) is 0 Å². The predicted octanol–water partition coefficient (Wildman–Crippen LogP) is 2.38. The molecule has 2 aliphatic rings. The summed E-state index contributed by atoms with van der Waals surface area (Å²) in [5, 5.41) is 4.05. The average molecular weight is 309 g/mol. The third-order valence-electron chi connectivity index (χ3n) is 4.23. The van der Waals surface area contributed by atoms with E-state index in [0.29, 0.717) is 24.7 Å². The van der Waals surface area contributed by atoms with Crippen LogP contribution >= 0.6 is 11.6 Å². The van der Waals surface area contributed by atoms with E-state index in [1.165, 1.54) is 6.42 Å². The monoisotopic (exact) mass is 308 g/mol. The van der Waals surface area contributed by atoms with Crippen LogP contribution in [0.25, 0.3) is 0 Å². The second-order valence-corrected chi connectivity index (χ2v) is 6.13. The van der Waals surface area contributed by atoms with Gasteiger partial charge in [0.25, 0.3) is 0 Å². The molecule has 1 unspecified atom stereocenters. The second-order valence-electron chi connectivity index (χ2n) is 5.70. The van der Waals surface area contributed by atoms with E-state index >= 15 is 0 Å². The molecule has 114 valence electrons. The van der Waals surface area contributed by atoms with Crippen molar-refractivity contribution in [1.82, 2.24) is 10.2 Å². The minimum absolute atomic E-state index is 0.0114. The number of rotatable bonds is 2. The van der Waals surface area contributed by atoms with Gasteiger partial charge in [0, 0.05) is 11.6 Å². The number of morpholine rings is 1. The van der Waals surface area contributed by atoms with Gasteiger partial charge in [-0.05, 0) is 37.1 Å². The Hall–Kier alpha value is -1.10. The van der Waals surface area contributed by atoms with Gasteiger partial charge in [-0.3, -0.25) is 4.79 Å². The first kappa shape index (κ1) is 14.8. The van der Waals surface area contributed by atoms with Crippen molar-refractivity contribution < 1.29 is 9.53 Å². The van der Waals surface area contributed by atoms with Crippen molar-refractivity contribution in [3.63, 3.8) is 0 Å². The van der Waals surface area contributed by atoms with Gasteiger partial charge in [-0.15, -0.1) is 0 Å². The first-order valence-corrected chi connectivity index (χ1v) is 8.01. The van der Waals surface area contributed by atoms with Gasteiger partial charge < -0.3 is 15.0 Å². The van der Waals surface area contributed by atoms with E-state index in [4.69, 9.17) is 16.3 Å². The molecule has 1 N–H and O–H groups in total. The Balaban J connectivity index is 1.64. The Morgan fingerprint density at radius 2 is 2.10 bits per heavy atom. The normalized spacial score (nSPS) is 26.6. The zero-order valence-corrected chi connectivity index (χ0v) is 12.8. The molecule has 0 bridgehead atoms. The highest BCUT2D eigenvalue weighted by molar-refractivity contribution is 6.30. The number of hydrogen-bond acceptors (Lipinski definition) is 3. The lowest BCUT2D eigenvalue weighted by molar-refractivity contribution is -0.141. The van der Waals surface area contributed by atoms with Crippen molar-refractivity contribution in [2.45, 2.75) is 31.4 Å². The minimum atomic E-state index is -0.0523. The lowest BCUT2D eigenvalue weighted by Crippen LogP contribution is -2.52. The maximum atomic E-state index is 12.6. The molecule has 0 aromatic heterocycles. The van der Waals surface area contributed by atoms with E-state index in [2.05, 4.69) is 5.32 Å². The largest absolute Gasteiger partial charge is 0.370 e. The van der Waals surface area contributed by atoms with Gasteiger partial charge >= 0.3 is 0 Å². The smallest absolute Gasteiger partial charge is 0.239 e. The van der Waals surface area contributed by atoms with E-state index in [-0.39, 0.29) is 18.1 Å². The first-order valence-electron chi connectivity index (χ1n) is 7.63. The van der Waals surface area contributed by atoms with Crippen molar-refractivity contribution in [3.8, 4) is 0 Å². The number of hydrogen-bond donors (Lipinski definition) is 1. The first-order chi connectivity index (χ1) is 10.2. The summed E-state index contributed by atoms with van der Waals surface area (Å²) >= 11 is 5.92. The number of nitrogens with one attached hydrogen (secondary N) is 1. The van der Waals surface area contributed by atoms with Gasteiger partial charge in [-0.1, -0.05) is 30.2 Å². The fourth-order valence-electron chi connectivity index (χ4n) is 3.01. The molecule has 5 heteroatoms. The Morgan fingerprint density at radius 1 is 1.29 bits per heavy atom. The van der Waals surface area contributed by atoms with Gasteiger partial charge in [-0.25, -0.2) is 0 Å². The minimum Gasteiger partial charge on any atom is -0.370 e.